The van der Waals surface area contributed by atoms with Gasteiger partial charge in [-0.3, -0.25) is 0 Å². The van der Waals surface area contributed by atoms with Crippen LogP contribution in [-0.2, 0) is 4.74 Å². The molecule has 1 nitrogen and oxygen atoms in total. The second-order valence-corrected chi connectivity index (χ2v) is 11.5. The summed E-state index contributed by atoms with van der Waals surface area (Å²) >= 11 is 0. The van der Waals surface area contributed by atoms with Gasteiger partial charge in [0.05, 0.1) is 6.10 Å². The summed E-state index contributed by atoms with van der Waals surface area (Å²) < 4.78 is 6.09. The van der Waals surface area contributed by atoms with Gasteiger partial charge in [-0.05, 0) is 85.9 Å². The third-order valence-electron chi connectivity index (χ3n) is 9.64. The molecule has 0 N–H and O–H groups in total. The smallest absolute Gasteiger partial charge is 0.0848 e. The van der Waals surface area contributed by atoms with Crippen LogP contribution in [0.4, 0.5) is 0 Å². The van der Waals surface area contributed by atoms with Crippen LogP contribution >= 0.6 is 0 Å². The highest BCUT2D eigenvalue weighted by Gasteiger charge is 2.59. The fourth-order valence-corrected chi connectivity index (χ4v) is 7.26. The van der Waals surface area contributed by atoms with Crippen LogP contribution in [0.2, 0.25) is 0 Å². The first-order valence-electron chi connectivity index (χ1n) is 12.4. The normalized spacial score (nSPS) is 43.0. The molecule has 3 unspecified atom stereocenters. The number of hydrogen-bond acceptors (Lipinski definition) is 1. The van der Waals surface area contributed by atoms with Gasteiger partial charge in [0.1, 0.15) is 0 Å². The van der Waals surface area contributed by atoms with Crippen molar-refractivity contribution in [3.63, 3.8) is 0 Å². The van der Waals surface area contributed by atoms with Crippen LogP contribution in [0.25, 0.3) is 0 Å². The molecule has 4 aliphatic carbocycles. The Morgan fingerprint density at radius 3 is 2.55 bits per heavy atom. The molecule has 0 aliphatic heterocycles. The van der Waals surface area contributed by atoms with Crippen LogP contribution in [0, 0.1) is 46.3 Å². The van der Waals surface area contributed by atoms with Crippen molar-refractivity contribution in [1.29, 1.82) is 0 Å². The molecule has 3 fully saturated rings. The zero-order valence-corrected chi connectivity index (χ0v) is 19.8. The Hall–Kier alpha value is -0.820. The lowest BCUT2D eigenvalue weighted by atomic mass is 9.61. The van der Waals surface area contributed by atoms with E-state index in [1.54, 1.807) is 5.57 Å². The largest absolute Gasteiger partial charge is 0.376 e. The van der Waals surface area contributed by atoms with Crippen molar-refractivity contribution in [2.45, 2.75) is 85.7 Å². The van der Waals surface area contributed by atoms with Crippen LogP contribution in [0.15, 0.2) is 36.0 Å². The van der Waals surface area contributed by atoms with E-state index in [0.717, 1.165) is 23.7 Å². The van der Waals surface area contributed by atoms with E-state index in [9.17, 15) is 0 Å². The molecule has 0 aromatic rings. The lowest BCUT2D eigenvalue weighted by Crippen LogP contribution is -2.36. The number of allylic oxidation sites excluding steroid dienone is 4. The monoisotopic (exact) mass is 396 g/mol. The van der Waals surface area contributed by atoms with E-state index in [2.05, 4.69) is 65.0 Å². The molecule has 1 heteroatoms. The lowest BCUT2D eigenvalue weighted by molar-refractivity contribution is 0.0847. The third kappa shape index (κ3) is 3.71. The average molecular weight is 397 g/mol. The molecule has 0 saturated heterocycles. The summed E-state index contributed by atoms with van der Waals surface area (Å²) in [5, 5.41) is 0. The maximum Gasteiger partial charge on any atom is 0.0848 e. The molecular weight excluding hydrogens is 352 g/mol. The minimum Gasteiger partial charge on any atom is -0.376 e. The first kappa shape index (κ1) is 21.4. The summed E-state index contributed by atoms with van der Waals surface area (Å²) in [7, 11) is 1.93. The molecule has 0 radical (unpaired) electrons. The summed E-state index contributed by atoms with van der Waals surface area (Å²) in [6.07, 6.45) is 22.3. The van der Waals surface area contributed by atoms with Crippen LogP contribution in [0.3, 0.4) is 0 Å². The second kappa shape index (κ2) is 8.03. The Morgan fingerprint density at radius 1 is 1.14 bits per heavy atom. The predicted octanol–water partition coefficient (Wildman–Crippen LogP) is 7.59. The fraction of sp³-hybridized carbons (Fsp3) is 0.786. The number of fused-ring (bicyclic) bond motifs is 2. The molecule has 4 aliphatic rings. The van der Waals surface area contributed by atoms with E-state index in [4.69, 9.17) is 4.74 Å². The van der Waals surface area contributed by atoms with E-state index in [0.29, 0.717) is 28.8 Å². The van der Waals surface area contributed by atoms with Gasteiger partial charge in [0.25, 0.3) is 0 Å². The van der Waals surface area contributed by atoms with E-state index < -0.39 is 0 Å². The summed E-state index contributed by atoms with van der Waals surface area (Å²) in [6, 6.07) is 0. The van der Waals surface area contributed by atoms with Gasteiger partial charge in [-0.2, -0.15) is 0 Å². The van der Waals surface area contributed by atoms with E-state index in [1.807, 2.05) is 7.11 Å². The summed E-state index contributed by atoms with van der Waals surface area (Å²) in [5.41, 5.74) is 2.55. The van der Waals surface area contributed by atoms with Crippen LogP contribution in [0.1, 0.15) is 79.6 Å². The first-order valence-corrected chi connectivity index (χ1v) is 12.4. The molecule has 0 aromatic heterocycles. The molecule has 0 amide bonds. The number of ether oxygens (including phenoxy) is 1. The molecule has 3 saturated carbocycles. The Bertz CT molecular complexity index is 684. The van der Waals surface area contributed by atoms with Gasteiger partial charge in [0.2, 0.25) is 0 Å². The Morgan fingerprint density at radius 2 is 1.93 bits per heavy atom. The lowest BCUT2D eigenvalue weighted by Gasteiger charge is -2.44. The van der Waals surface area contributed by atoms with Crippen molar-refractivity contribution >= 4 is 0 Å². The zero-order valence-electron chi connectivity index (χ0n) is 19.8. The first-order chi connectivity index (χ1) is 13.8. The number of methoxy groups -OCH3 is 1. The molecular formula is C28H44O. The van der Waals surface area contributed by atoms with Gasteiger partial charge in [-0.25, -0.2) is 0 Å². The van der Waals surface area contributed by atoms with E-state index in [1.165, 1.54) is 44.9 Å². The average Bonchev–Trinajstić information content (AvgIpc) is 3.05. The quantitative estimate of drug-likeness (QED) is 0.403. The van der Waals surface area contributed by atoms with Crippen molar-refractivity contribution in [3.8, 4) is 0 Å². The minimum absolute atomic E-state index is 0.298. The van der Waals surface area contributed by atoms with Gasteiger partial charge in [-0.15, -0.1) is 0 Å². The molecule has 0 spiro atoms. The Balaban J connectivity index is 1.51. The molecule has 0 heterocycles. The minimum atomic E-state index is 0.298. The second-order valence-electron chi connectivity index (χ2n) is 11.5. The third-order valence-corrected chi connectivity index (χ3v) is 9.64. The summed E-state index contributed by atoms with van der Waals surface area (Å²) in [6.45, 7) is 12.1. The van der Waals surface area contributed by atoms with Crippen molar-refractivity contribution in [3.05, 3.63) is 36.0 Å². The molecule has 162 valence electrons. The molecule has 8 atom stereocenters. The zero-order chi connectivity index (χ0) is 20.8. The van der Waals surface area contributed by atoms with Gasteiger partial charge in [0, 0.05) is 12.5 Å². The van der Waals surface area contributed by atoms with Gasteiger partial charge >= 0.3 is 0 Å². The summed E-state index contributed by atoms with van der Waals surface area (Å²) in [5.74, 6) is 4.55. The van der Waals surface area contributed by atoms with Gasteiger partial charge < -0.3 is 4.74 Å². The highest BCUT2D eigenvalue weighted by Crippen LogP contribution is 2.64. The standard InChI is InChI=1S/C28H44O/c1-19(2)20(3)11-12-21(4)24-13-14-25-22(9-7-15-27(24,25)5)17-26(29-6)28-16-8-10-23(28)18-28/h8,11-12,16-17,19-21,23-26H,7,9-10,13-15,18H2,1-6H3/b12-11+,22-17+/t20-,21+,23?,24+,25-,26?,27+,28?/m0/s1. The van der Waals surface area contributed by atoms with E-state index >= 15 is 0 Å². The molecule has 0 bridgehead atoms. The maximum absolute atomic E-state index is 6.09. The summed E-state index contributed by atoms with van der Waals surface area (Å²) in [4.78, 5) is 0. The fourth-order valence-electron chi connectivity index (χ4n) is 7.26. The van der Waals surface area contributed by atoms with Crippen molar-refractivity contribution in [2.75, 3.05) is 7.11 Å². The topological polar surface area (TPSA) is 9.23 Å². The van der Waals surface area contributed by atoms with Gasteiger partial charge in [-0.1, -0.05) is 70.6 Å². The SMILES string of the molecule is COC(/C=C1\CCC[C@]2(C)[C@@H]([C@H](C)/C=C/[C@H](C)C(C)C)CC[C@@H]12)C12C=CCC1C2. The molecule has 4 rings (SSSR count). The maximum atomic E-state index is 6.09. The van der Waals surface area contributed by atoms with Crippen molar-refractivity contribution in [2.24, 2.45) is 46.3 Å². The van der Waals surface area contributed by atoms with Crippen LogP contribution in [0.5, 0.6) is 0 Å². The Kier molecular flexibility index (Phi) is 5.93. The molecule has 0 aromatic carbocycles. The Labute approximate surface area is 180 Å². The van der Waals surface area contributed by atoms with E-state index in [-0.39, 0.29) is 0 Å². The van der Waals surface area contributed by atoms with Crippen molar-refractivity contribution in [1.82, 2.24) is 0 Å². The molecule has 29 heavy (non-hydrogen) atoms. The van der Waals surface area contributed by atoms with Crippen LogP contribution in [-0.4, -0.2) is 13.2 Å². The predicted molar refractivity (Wildman–Crippen MR) is 124 cm³/mol. The van der Waals surface area contributed by atoms with Crippen LogP contribution < -0.4 is 0 Å². The highest BCUT2D eigenvalue weighted by atomic mass is 16.5. The van der Waals surface area contributed by atoms with Gasteiger partial charge in [0.15, 0.2) is 0 Å². The highest BCUT2D eigenvalue weighted by molar-refractivity contribution is 5.31. The number of rotatable bonds is 7. The van der Waals surface area contributed by atoms with Crippen molar-refractivity contribution < 1.29 is 4.74 Å². The number of hydrogen-bond donors (Lipinski definition) is 0.